The summed E-state index contributed by atoms with van der Waals surface area (Å²) in [7, 11) is 1.69. The van der Waals surface area contributed by atoms with Crippen molar-refractivity contribution in [1.29, 1.82) is 0 Å². The number of rotatable bonds is 7. The molecule has 0 aromatic heterocycles. The van der Waals surface area contributed by atoms with Crippen molar-refractivity contribution in [2.45, 2.75) is 25.8 Å². The largest absolute Gasteiger partial charge is 0.497 e. The van der Waals surface area contributed by atoms with Gasteiger partial charge in [0.25, 0.3) is 0 Å². The third kappa shape index (κ3) is 5.42. The first-order chi connectivity index (χ1) is 7.72. The first-order valence-electron chi connectivity index (χ1n) is 5.68. The highest BCUT2D eigenvalue weighted by Crippen LogP contribution is 2.13. The average molecular weight is 239 g/mol. The highest BCUT2D eigenvalue weighted by Gasteiger charge is 1.97. The van der Waals surface area contributed by atoms with Crippen LogP contribution in [0.25, 0.3) is 0 Å². The van der Waals surface area contributed by atoms with Crippen LogP contribution in [0.3, 0.4) is 0 Å². The molecule has 0 spiro atoms. The molecule has 2 N–H and O–H groups in total. The van der Waals surface area contributed by atoms with Crippen LogP contribution in [0.5, 0.6) is 5.75 Å². The van der Waals surface area contributed by atoms with Gasteiger partial charge in [-0.15, -0.1) is 0 Å². The molecule has 0 aliphatic rings. The zero-order valence-corrected chi connectivity index (χ0v) is 10.9. The number of thioether (sulfide) groups is 1. The lowest BCUT2D eigenvalue weighted by molar-refractivity contribution is 0.414. The first-order valence-corrected chi connectivity index (χ1v) is 6.84. The topological polar surface area (TPSA) is 35.2 Å². The molecule has 0 radical (unpaired) electrons. The molecule has 1 atom stereocenters. The van der Waals surface area contributed by atoms with Crippen LogP contribution < -0.4 is 10.5 Å². The first kappa shape index (κ1) is 13.4. The molecule has 2 nitrogen and oxygen atoms in total. The summed E-state index contributed by atoms with van der Waals surface area (Å²) in [5.41, 5.74) is 7.06. The summed E-state index contributed by atoms with van der Waals surface area (Å²) in [6, 6.07) is 8.62. The Bertz CT molecular complexity index is 284. The van der Waals surface area contributed by atoms with E-state index in [1.165, 1.54) is 11.3 Å². The molecule has 3 heteroatoms. The van der Waals surface area contributed by atoms with Crippen molar-refractivity contribution in [2.24, 2.45) is 5.73 Å². The molecular formula is C13H21NOS. The summed E-state index contributed by atoms with van der Waals surface area (Å²) in [6.07, 6.45) is 2.22. The third-order valence-corrected chi connectivity index (χ3v) is 3.43. The van der Waals surface area contributed by atoms with Crippen LogP contribution in [0.2, 0.25) is 0 Å². The van der Waals surface area contributed by atoms with Crippen LogP contribution in [0.4, 0.5) is 0 Å². The van der Waals surface area contributed by atoms with Crippen molar-refractivity contribution in [3.8, 4) is 5.75 Å². The summed E-state index contributed by atoms with van der Waals surface area (Å²) in [5.74, 6) is 3.25. The molecular weight excluding hydrogens is 218 g/mol. The molecule has 0 fully saturated rings. The van der Waals surface area contributed by atoms with Crippen molar-refractivity contribution >= 4 is 11.8 Å². The van der Waals surface area contributed by atoms with E-state index >= 15 is 0 Å². The minimum atomic E-state index is 0.327. The number of nitrogens with two attached hydrogens (primary N) is 1. The van der Waals surface area contributed by atoms with Crippen LogP contribution >= 0.6 is 11.8 Å². The van der Waals surface area contributed by atoms with Crippen molar-refractivity contribution in [3.05, 3.63) is 29.8 Å². The number of hydrogen-bond donors (Lipinski definition) is 1. The number of ether oxygens (including phenoxy) is 1. The van der Waals surface area contributed by atoms with Gasteiger partial charge in [-0.3, -0.25) is 0 Å². The smallest absolute Gasteiger partial charge is 0.118 e. The highest BCUT2D eigenvalue weighted by atomic mass is 32.2. The molecule has 0 saturated carbocycles. The lowest BCUT2D eigenvalue weighted by Crippen LogP contribution is -2.15. The second kappa shape index (κ2) is 7.58. The molecule has 16 heavy (non-hydrogen) atoms. The standard InChI is InChI=1S/C13H21NOS/c1-11(14)7-9-16-10-8-12-3-5-13(15-2)6-4-12/h3-6,11H,7-10,14H2,1-2H3. The molecule has 1 rings (SSSR count). The summed E-state index contributed by atoms with van der Waals surface area (Å²) in [4.78, 5) is 0. The van der Waals surface area contributed by atoms with Gasteiger partial charge in [0.1, 0.15) is 5.75 Å². The molecule has 0 aliphatic carbocycles. The van der Waals surface area contributed by atoms with E-state index in [-0.39, 0.29) is 0 Å². The van der Waals surface area contributed by atoms with Gasteiger partial charge in [0.05, 0.1) is 7.11 Å². The van der Waals surface area contributed by atoms with Gasteiger partial charge in [0.15, 0.2) is 0 Å². The lowest BCUT2D eigenvalue weighted by Gasteiger charge is -2.05. The molecule has 1 unspecified atom stereocenters. The quantitative estimate of drug-likeness (QED) is 0.743. The van der Waals surface area contributed by atoms with Gasteiger partial charge in [0, 0.05) is 6.04 Å². The maximum atomic E-state index is 5.69. The monoisotopic (exact) mass is 239 g/mol. The summed E-state index contributed by atoms with van der Waals surface area (Å²) >= 11 is 1.98. The second-order valence-electron chi connectivity index (χ2n) is 3.98. The number of hydrogen-bond acceptors (Lipinski definition) is 3. The Morgan fingerprint density at radius 3 is 2.50 bits per heavy atom. The summed E-state index contributed by atoms with van der Waals surface area (Å²) in [5, 5.41) is 0. The Kier molecular flexibility index (Phi) is 6.34. The van der Waals surface area contributed by atoms with Crippen molar-refractivity contribution in [3.63, 3.8) is 0 Å². The molecule has 1 aromatic rings. The Morgan fingerprint density at radius 2 is 1.94 bits per heavy atom. The SMILES string of the molecule is COc1ccc(CCSCCC(C)N)cc1. The maximum Gasteiger partial charge on any atom is 0.118 e. The van der Waals surface area contributed by atoms with Crippen LogP contribution in [-0.4, -0.2) is 24.7 Å². The molecule has 1 aromatic carbocycles. The van der Waals surface area contributed by atoms with E-state index in [0.29, 0.717) is 6.04 Å². The minimum absolute atomic E-state index is 0.327. The van der Waals surface area contributed by atoms with Gasteiger partial charge in [-0.1, -0.05) is 12.1 Å². The van der Waals surface area contributed by atoms with E-state index in [9.17, 15) is 0 Å². The highest BCUT2D eigenvalue weighted by molar-refractivity contribution is 7.99. The van der Waals surface area contributed by atoms with E-state index in [0.717, 1.165) is 24.3 Å². The Balaban J connectivity index is 2.16. The van der Waals surface area contributed by atoms with Gasteiger partial charge < -0.3 is 10.5 Å². The third-order valence-electron chi connectivity index (χ3n) is 2.41. The number of aryl methyl sites for hydroxylation is 1. The fourth-order valence-corrected chi connectivity index (χ4v) is 2.48. The van der Waals surface area contributed by atoms with Gasteiger partial charge >= 0.3 is 0 Å². The zero-order valence-electron chi connectivity index (χ0n) is 10.1. The molecule has 0 aliphatic heterocycles. The van der Waals surface area contributed by atoms with Gasteiger partial charge in [-0.2, -0.15) is 11.8 Å². The number of benzene rings is 1. The molecule has 0 heterocycles. The van der Waals surface area contributed by atoms with E-state index in [2.05, 4.69) is 19.1 Å². The Morgan fingerprint density at radius 1 is 1.25 bits per heavy atom. The molecule has 90 valence electrons. The Hall–Kier alpha value is -0.670. The van der Waals surface area contributed by atoms with Crippen LogP contribution in [-0.2, 0) is 6.42 Å². The second-order valence-corrected chi connectivity index (χ2v) is 5.20. The normalized spacial score (nSPS) is 12.4. The fraction of sp³-hybridized carbons (Fsp3) is 0.538. The number of methoxy groups -OCH3 is 1. The van der Waals surface area contributed by atoms with E-state index in [1.807, 2.05) is 23.9 Å². The van der Waals surface area contributed by atoms with Crippen molar-refractivity contribution in [2.75, 3.05) is 18.6 Å². The molecule has 0 amide bonds. The predicted octanol–water partition coefficient (Wildman–Crippen LogP) is 2.71. The Labute approximate surface area is 103 Å². The predicted molar refractivity (Wildman–Crippen MR) is 72.3 cm³/mol. The van der Waals surface area contributed by atoms with Crippen LogP contribution in [0.1, 0.15) is 18.9 Å². The molecule has 0 saturated heterocycles. The molecule has 0 bridgehead atoms. The van der Waals surface area contributed by atoms with E-state index < -0.39 is 0 Å². The van der Waals surface area contributed by atoms with Gasteiger partial charge in [-0.25, -0.2) is 0 Å². The summed E-state index contributed by atoms with van der Waals surface area (Å²) in [6.45, 7) is 2.06. The maximum absolute atomic E-state index is 5.69. The van der Waals surface area contributed by atoms with Gasteiger partial charge in [0.2, 0.25) is 0 Å². The van der Waals surface area contributed by atoms with E-state index in [1.54, 1.807) is 7.11 Å². The minimum Gasteiger partial charge on any atom is -0.497 e. The van der Waals surface area contributed by atoms with E-state index in [4.69, 9.17) is 10.5 Å². The van der Waals surface area contributed by atoms with Crippen LogP contribution in [0.15, 0.2) is 24.3 Å². The summed E-state index contributed by atoms with van der Waals surface area (Å²) < 4.78 is 5.12. The lowest BCUT2D eigenvalue weighted by atomic mass is 10.2. The van der Waals surface area contributed by atoms with Gasteiger partial charge in [-0.05, 0) is 49.0 Å². The fourth-order valence-electron chi connectivity index (χ4n) is 1.35. The van der Waals surface area contributed by atoms with Crippen LogP contribution in [0, 0.1) is 0 Å². The van der Waals surface area contributed by atoms with Crippen molar-refractivity contribution in [1.82, 2.24) is 0 Å². The van der Waals surface area contributed by atoms with Crippen molar-refractivity contribution < 1.29 is 4.74 Å². The average Bonchev–Trinajstić information content (AvgIpc) is 2.29. The zero-order chi connectivity index (χ0) is 11.8.